The Labute approximate surface area is 100 Å². The molecule has 1 amide bonds. The highest BCUT2D eigenvalue weighted by atomic mass is 16.5. The van der Waals surface area contributed by atoms with Gasteiger partial charge in [-0.25, -0.2) is 9.97 Å². The summed E-state index contributed by atoms with van der Waals surface area (Å²) in [5.74, 6) is 0.748. The van der Waals surface area contributed by atoms with Gasteiger partial charge >= 0.3 is 0 Å². The number of carbonyl (C=O) groups excluding carboxylic acids is 1. The maximum Gasteiger partial charge on any atom is 0.232 e. The van der Waals surface area contributed by atoms with Gasteiger partial charge in [0.15, 0.2) is 5.82 Å². The number of amides is 1. The molecule has 0 spiro atoms. The molecule has 0 unspecified atom stereocenters. The maximum absolute atomic E-state index is 11.1. The fourth-order valence-corrected chi connectivity index (χ4v) is 1.04. The van der Waals surface area contributed by atoms with Crippen LogP contribution in [-0.4, -0.2) is 35.7 Å². The van der Waals surface area contributed by atoms with Gasteiger partial charge in [0.05, 0.1) is 19.0 Å². The predicted molar refractivity (Wildman–Crippen MR) is 62.9 cm³/mol. The van der Waals surface area contributed by atoms with Crippen molar-refractivity contribution in [2.24, 2.45) is 0 Å². The topological polar surface area (TPSA) is 73.3 Å². The molecule has 0 saturated heterocycles. The summed E-state index contributed by atoms with van der Waals surface area (Å²) < 4.78 is 10.4. The molecule has 1 rings (SSSR count). The molecule has 1 aromatic heterocycles. The molecule has 0 saturated carbocycles. The molecule has 1 aromatic rings. The van der Waals surface area contributed by atoms with Crippen molar-refractivity contribution in [3.05, 3.63) is 12.4 Å². The molecule has 1 heterocycles. The normalized spacial score (nSPS) is 10.0. The molecular weight excluding hydrogens is 222 g/mol. The van der Waals surface area contributed by atoms with E-state index in [1.807, 2.05) is 6.92 Å². The van der Waals surface area contributed by atoms with Crippen molar-refractivity contribution in [2.75, 3.05) is 25.1 Å². The Morgan fingerprint density at radius 3 is 2.71 bits per heavy atom. The summed E-state index contributed by atoms with van der Waals surface area (Å²) in [4.78, 5) is 19.1. The first-order valence-corrected chi connectivity index (χ1v) is 5.58. The van der Waals surface area contributed by atoms with E-state index in [2.05, 4.69) is 15.3 Å². The number of hydrogen-bond donors (Lipinski definition) is 1. The van der Waals surface area contributed by atoms with E-state index in [1.54, 1.807) is 6.92 Å². The van der Waals surface area contributed by atoms with Gasteiger partial charge in [-0.15, -0.1) is 0 Å². The summed E-state index contributed by atoms with van der Waals surface area (Å²) in [5, 5.41) is 2.60. The van der Waals surface area contributed by atoms with Crippen LogP contribution in [0.1, 0.15) is 20.3 Å². The molecule has 0 radical (unpaired) electrons. The van der Waals surface area contributed by atoms with Crippen LogP contribution in [0.2, 0.25) is 0 Å². The van der Waals surface area contributed by atoms with Crippen molar-refractivity contribution >= 4 is 11.7 Å². The number of carbonyl (C=O) groups is 1. The highest BCUT2D eigenvalue weighted by Gasteiger charge is 2.01. The van der Waals surface area contributed by atoms with Crippen LogP contribution in [0.3, 0.4) is 0 Å². The average molecular weight is 239 g/mol. The number of nitrogens with one attached hydrogen (secondary N) is 1. The second-order valence-electron chi connectivity index (χ2n) is 3.19. The van der Waals surface area contributed by atoms with Gasteiger partial charge in [0.2, 0.25) is 11.8 Å². The first kappa shape index (κ1) is 13.4. The van der Waals surface area contributed by atoms with Crippen molar-refractivity contribution in [2.45, 2.75) is 20.3 Å². The minimum Gasteiger partial charge on any atom is -0.474 e. The standard InChI is InChI=1S/C11H17N3O3/c1-3-10(15)14-9-7-13-11(8-12-9)17-6-5-16-4-2/h7-8H,3-6H2,1-2H3,(H,12,14,15). The lowest BCUT2D eigenvalue weighted by Crippen LogP contribution is -2.11. The lowest BCUT2D eigenvalue weighted by molar-refractivity contribution is -0.115. The van der Waals surface area contributed by atoms with E-state index in [4.69, 9.17) is 9.47 Å². The van der Waals surface area contributed by atoms with Gasteiger partial charge in [-0.05, 0) is 6.92 Å². The maximum atomic E-state index is 11.1. The van der Waals surface area contributed by atoms with Gasteiger partial charge in [0.25, 0.3) is 0 Å². The molecule has 0 fully saturated rings. The van der Waals surface area contributed by atoms with Crippen LogP contribution >= 0.6 is 0 Å². The van der Waals surface area contributed by atoms with Crippen LogP contribution in [0.15, 0.2) is 12.4 Å². The van der Waals surface area contributed by atoms with Crippen molar-refractivity contribution < 1.29 is 14.3 Å². The summed E-state index contributed by atoms with van der Waals surface area (Å²) in [5.41, 5.74) is 0. The summed E-state index contributed by atoms with van der Waals surface area (Å²) in [7, 11) is 0. The number of anilines is 1. The molecule has 0 atom stereocenters. The van der Waals surface area contributed by atoms with Gasteiger partial charge in [-0.3, -0.25) is 4.79 Å². The molecule has 0 aliphatic heterocycles. The minimum absolute atomic E-state index is 0.0932. The quantitative estimate of drug-likeness (QED) is 0.725. The average Bonchev–Trinajstić information content (AvgIpc) is 2.36. The Kier molecular flexibility index (Phi) is 5.95. The second-order valence-corrected chi connectivity index (χ2v) is 3.19. The Morgan fingerprint density at radius 1 is 1.29 bits per heavy atom. The number of aromatic nitrogens is 2. The zero-order valence-electron chi connectivity index (χ0n) is 10.1. The highest BCUT2D eigenvalue weighted by Crippen LogP contribution is 2.07. The third kappa shape index (κ3) is 5.26. The molecule has 1 N–H and O–H groups in total. The largest absolute Gasteiger partial charge is 0.474 e. The Bertz CT molecular complexity index is 340. The first-order valence-electron chi connectivity index (χ1n) is 5.58. The van der Waals surface area contributed by atoms with Crippen LogP contribution in [0.5, 0.6) is 5.88 Å². The predicted octanol–water partition coefficient (Wildman–Crippen LogP) is 1.24. The molecular formula is C11H17N3O3. The van der Waals surface area contributed by atoms with Crippen molar-refractivity contribution in [1.82, 2.24) is 9.97 Å². The van der Waals surface area contributed by atoms with Crippen LogP contribution in [-0.2, 0) is 9.53 Å². The van der Waals surface area contributed by atoms with Crippen molar-refractivity contribution in [1.29, 1.82) is 0 Å². The molecule has 0 aromatic carbocycles. The summed E-state index contributed by atoms with van der Waals surface area (Å²) >= 11 is 0. The number of nitrogens with zero attached hydrogens (tertiary/aromatic N) is 2. The van der Waals surface area contributed by atoms with E-state index >= 15 is 0 Å². The van der Waals surface area contributed by atoms with Crippen molar-refractivity contribution in [3.63, 3.8) is 0 Å². The highest BCUT2D eigenvalue weighted by molar-refractivity contribution is 5.89. The zero-order chi connectivity index (χ0) is 12.5. The molecule has 94 valence electrons. The van der Waals surface area contributed by atoms with E-state index in [0.717, 1.165) is 0 Å². The van der Waals surface area contributed by atoms with E-state index < -0.39 is 0 Å². The Morgan fingerprint density at radius 2 is 2.12 bits per heavy atom. The van der Waals surface area contributed by atoms with Gasteiger partial charge < -0.3 is 14.8 Å². The first-order chi connectivity index (χ1) is 8.26. The summed E-state index contributed by atoms with van der Waals surface area (Å²) in [6.45, 7) is 5.31. The van der Waals surface area contributed by atoms with Gasteiger partial charge in [0.1, 0.15) is 6.61 Å². The second kappa shape index (κ2) is 7.56. The number of rotatable bonds is 7. The molecule has 6 nitrogen and oxygen atoms in total. The monoisotopic (exact) mass is 239 g/mol. The number of hydrogen-bond acceptors (Lipinski definition) is 5. The van der Waals surface area contributed by atoms with E-state index in [0.29, 0.717) is 37.9 Å². The van der Waals surface area contributed by atoms with Gasteiger partial charge in [-0.2, -0.15) is 0 Å². The molecule has 0 aliphatic carbocycles. The van der Waals surface area contributed by atoms with Crippen LogP contribution in [0.4, 0.5) is 5.82 Å². The molecule has 0 bridgehead atoms. The third-order valence-electron chi connectivity index (χ3n) is 1.90. The Balaban J connectivity index is 2.36. The van der Waals surface area contributed by atoms with E-state index in [9.17, 15) is 4.79 Å². The smallest absolute Gasteiger partial charge is 0.232 e. The summed E-state index contributed by atoms with van der Waals surface area (Å²) in [6.07, 6.45) is 3.34. The Hall–Kier alpha value is -1.69. The minimum atomic E-state index is -0.0932. The fourth-order valence-electron chi connectivity index (χ4n) is 1.04. The fraction of sp³-hybridized carbons (Fsp3) is 0.545. The van der Waals surface area contributed by atoms with Gasteiger partial charge in [0, 0.05) is 13.0 Å². The van der Waals surface area contributed by atoms with Crippen LogP contribution < -0.4 is 10.1 Å². The SMILES string of the molecule is CCOCCOc1cnc(NC(=O)CC)cn1. The zero-order valence-corrected chi connectivity index (χ0v) is 10.1. The lowest BCUT2D eigenvalue weighted by atomic mass is 10.4. The van der Waals surface area contributed by atoms with Crippen molar-refractivity contribution in [3.8, 4) is 5.88 Å². The lowest BCUT2D eigenvalue weighted by Gasteiger charge is -2.06. The molecule has 6 heteroatoms. The number of ether oxygens (including phenoxy) is 2. The van der Waals surface area contributed by atoms with E-state index in [1.165, 1.54) is 12.4 Å². The summed E-state index contributed by atoms with van der Waals surface area (Å²) in [6, 6.07) is 0. The van der Waals surface area contributed by atoms with Crippen LogP contribution in [0, 0.1) is 0 Å². The molecule has 0 aliphatic rings. The van der Waals surface area contributed by atoms with Crippen LogP contribution in [0.25, 0.3) is 0 Å². The van der Waals surface area contributed by atoms with Gasteiger partial charge in [-0.1, -0.05) is 6.92 Å². The third-order valence-corrected chi connectivity index (χ3v) is 1.90. The molecule has 17 heavy (non-hydrogen) atoms. The van der Waals surface area contributed by atoms with E-state index in [-0.39, 0.29) is 5.91 Å².